The molecule has 0 amide bonds. The molecule has 0 heterocycles. The summed E-state index contributed by atoms with van der Waals surface area (Å²) in [6.07, 6.45) is 13.6. The first-order valence-corrected chi connectivity index (χ1v) is 10.5. The molecule has 1 aromatic carbocycles. The van der Waals surface area contributed by atoms with Gasteiger partial charge in [-0.2, -0.15) is 0 Å². The minimum Gasteiger partial charge on any atom is -0.358 e. The van der Waals surface area contributed by atoms with E-state index in [1.807, 2.05) is 26.1 Å². The Morgan fingerprint density at radius 3 is 2.31 bits per heavy atom. The lowest BCUT2D eigenvalue weighted by atomic mass is 10.1. The number of hydrogen-bond donors (Lipinski definition) is 1. The number of amidine groups is 1. The first-order valence-electron chi connectivity index (χ1n) is 9.47. The van der Waals surface area contributed by atoms with Gasteiger partial charge in [-0.05, 0) is 38.0 Å². The Kier molecular flexibility index (Phi) is 15.7. The van der Waals surface area contributed by atoms with Crippen LogP contribution in [0, 0.1) is 6.92 Å². The second-order valence-electron chi connectivity index (χ2n) is 6.22. The van der Waals surface area contributed by atoms with E-state index in [0.29, 0.717) is 0 Å². The lowest BCUT2D eigenvalue weighted by Gasteiger charge is -2.19. The highest BCUT2D eigenvalue weighted by Crippen LogP contribution is 2.15. The van der Waals surface area contributed by atoms with Gasteiger partial charge in [0, 0.05) is 12.8 Å². The van der Waals surface area contributed by atoms with Crippen LogP contribution in [0.5, 0.6) is 0 Å². The van der Waals surface area contributed by atoms with E-state index in [1.54, 1.807) is 36.1 Å². The van der Waals surface area contributed by atoms with Crippen molar-refractivity contribution in [3.8, 4) is 0 Å². The average Bonchev–Trinajstić information content (AvgIpc) is 2.73. The number of nitrogens with one attached hydrogen (secondary N) is 1. The van der Waals surface area contributed by atoms with Crippen LogP contribution in [0.4, 0.5) is 0 Å². The van der Waals surface area contributed by atoms with E-state index in [2.05, 4.69) is 79.6 Å². The molecule has 0 radical (unpaired) electrons. The molecule has 0 saturated carbocycles. The third-order valence-electron chi connectivity index (χ3n) is 3.67. The van der Waals surface area contributed by atoms with Crippen LogP contribution in [-0.2, 0) is 5.75 Å². The fraction of sp³-hybridized carbons (Fsp3) is 0.231. The molecule has 0 aliphatic heterocycles. The maximum atomic E-state index is 4.38. The molecule has 0 aliphatic rings. The van der Waals surface area contributed by atoms with Gasteiger partial charge in [0.15, 0.2) is 5.17 Å². The minimum atomic E-state index is 0.164. The van der Waals surface area contributed by atoms with Crippen molar-refractivity contribution in [2.75, 3.05) is 7.05 Å². The molecule has 1 atom stereocenters. The summed E-state index contributed by atoms with van der Waals surface area (Å²) in [4.78, 5) is 4.38. The zero-order valence-corrected chi connectivity index (χ0v) is 18.8. The molecule has 1 rings (SSSR count). The van der Waals surface area contributed by atoms with Crippen LogP contribution in [0.1, 0.15) is 24.5 Å². The minimum absolute atomic E-state index is 0.164. The van der Waals surface area contributed by atoms with Crippen molar-refractivity contribution in [2.24, 2.45) is 4.99 Å². The van der Waals surface area contributed by atoms with Crippen LogP contribution >= 0.6 is 11.8 Å². The average molecular weight is 407 g/mol. The van der Waals surface area contributed by atoms with Gasteiger partial charge in [0.1, 0.15) is 0 Å². The van der Waals surface area contributed by atoms with Crippen molar-refractivity contribution in [2.45, 2.75) is 32.1 Å². The number of aryl methyl sites for hydroxylation is 1. The lowest BCUT2D eigenvalue weighted by molar-refractivity contribution is 0.707. The molecule has 0 spiro atoms. The molecule has 3 heteroatoms. The number of benzene rings is 1. The smallest absolute Gasteiger partial charge is 0.157 e. The van der Waals surface area contributed by atoms with Crippen molar-refractivity contribution in [1.29, 1.82) is 0 Å². The molecule has 0 unspecified atom stereocenters. The first kappa shape index (κ1) is 26.3. The highest BCUT2D eigenvalue weighted by atomic mass is 32.2. The van der Waals surface area contributed by atoms with E-state index in [9.17, 15) is 0 Å². The van der Waals surface area contributed by atoms with Crippen LogP contribution in [0.3, 0.4) is 0 Å². The predicted octanol–water partition coefficient (Wildman–Crippen LogP) is 6.95. The first-order chi connectivity index (χ1) is 14.0. The van der Waals surface area contributed by atoms with E-state index in [4.69, 9.17) is 0 Å². The summed E-state index contributed by atoms with van der Waals surface area (Å²) < 4.78 is 0. The summed E-state index contributed by atoms with van der Waals surface area (Å²) in [6.45, 7) is 18.6. The van der Waals surface area contributed by atoms with E-state index in [-0.39, 0.29) is 6.04 Å². The van der Waals surface area contributed by atoms with Gasteiger partial charge in [0.2, 0.25) is 0 Å². The quantitative estimate of drug-likeness (QED) is 0.158. The predicted molar refractivity (Wildman–Crippen MR) is 135 cm³/mol. The van der Waals surface area contributed by atoms with Gasteiger partial charge in [0.05, 0.1) is 6.04 Å². The monoisotopic (exact) mass is 406 g/mol. The lowest BCUT2D eigenvalue weighted by Crippen LogP contribution is -2.33. The molecular weight excluding hydrogens is 372 g/mol. The van der Waals surface area contributed by atoms with Gasteiger partial charge >= 0.3 is 0 Å². The number of allylic oxidation sites excluding steroid dienone is 5. The van der Waals surface area contributed by atoms with Crippen molar-refractivity contribution in [1.82, 2.24) is 5.32 Å². The maximum Gasteiger partial charge on any atom is 0.157 e. The second-order valence-corrected chi connectivity index (χ2v) is 7.18. The summed E-state index contributed by atoms with van der Waals surface area (Å²) in [5.74, 6) is 0.897. The van der Waals surface area contributed by atoms with Gasteiger partial charge in [-0.15, -0.1) is 5.73 Å². The van der Waals surface area contributed by atoms with Gasteiger partial charge in [-0.3, -0.25) is 4.99 Å². The number of hydrogen-bond acceptors (Lipinski definition) is 2. The van der Waals surface area contributed by atoms with Gasteiger partial charge in [-0.1, -0.05) is 104 Å². The second kappa shape index (κ2) is 17.4. The molecule has 1 N–H and O–H groups in total. The molecule has 0 bridgehead atoms. The highest BCUT2D eigenvalue weighted by molar-refractivity contribution is 8.13. The Bertz CT molecular complexity index is 754. The number of aliphatic imine (C=N–C) groups is 1. The van der Waals surface area contributed by atoms with Crippen LogP contribution in [0.25, 0.3) is 0 Å². The molecule has 0 saturated heterocycles. The van der Waals surface area contributed by atoms with Crippen molar-refractivity contribution in [3.63, 3.8) is 0 Å². The maximum absolute atomic E-state index is 4.38. The molecular formula is C26H34N2S. The Morgan fingerprint density at radius 1 is 1.14 bits per heavy atom. The molecule has 0 fully saturated rings. The fourth-order valence-electron chi connectivity index (χ4n) is 2.00. The van der Waals surface area contributed by atoms with Gasteiger partial charge in [-0.25, -0.2) is 0 Å². The summed E-state index contributed by atoms with van der Waals surface area (Å²) in [5.41, 5.74) is 6.67. The summed E-state index contributed by atoms with van der Waals surface area (Å²) in [6, 6.07) is 8.77. The highest BCUT2D eigenvalue weighted by Gasteiger charge is 2.10. The van der Waals surface area contributed by atoms with Gasteiger partial charge < -0.3 is 5.32 Å². The van der Waals surface area contributed by atoms with E-state index >= 15 is 0 Å². The number of thioether (sulfide) groups is 1. The van der Waals surface area contributed by atoms with Crippen molar-refractivity contribution < 1.29 is 0 Å². The van der Waals surface area contributed by atoms with E-state index < -0.39 is 0 Å². The topological polar surface area (TPSA) is 24.4 Å². The SMILES string of the molecule is C=CC=C.C=CC=C=C/C=C/C[C@H](NC(=NC)SCc1ccc(C)cc1)C(=C)C. The van der Waals surface area contributed by atoms with Crippen LogP contribution in [-0.4, -0.2) is 18.3 Å². The summed E-state index contributed by atoms with van der Waals surface area (Å²) >= 11 is 1.71. The zero-order valence-electron chi connectivity index (χ0n) is 18.0. The fourth-order valence-corrected chi connectivity index (χ4v) is 2.85. The normalized spacial score (nSPS) is 11.3. The number of nitrogens with zero attached hydrogens (tertiary/aromatic N) is 1. The third kappa shape index (κ3) is 14.0. The summed E-state index contributed by atoms with van der Waals surface area (Å²) in [5, 5.41) is 4.43. The van der Waals surface area contributed by atoms with Crippen LogP contribution < -0.4 is 5.32 Å². The standard InChI is InChI=1S/C22H28N2S.C4H6/c1-6-7-8-9-10-11-12-21(18(2)3)24-22(23-5)25-17-20-15-13-19(4)14-16-20;1-3-4-2/h6-7,9-11,13-16,21H,1-2,12,17H2,3-5H3,(H,23,24);3-4H,1-2H2/b11-10+;/t8?,21-;/m0./s1. The third-order valence-corrected chi connectivity index (χ3v) is 4.72. The Morgan fingerprint density at radius 2 is 1.79 bits per heavy atom. The molecule has 0 aromatic heterocycles. The molecule has 1 aromatic rings. The van der Waals surface area contributed by atoms with E-state index in [1.165, 1.54) is 11.1 Å². The van der Waals surface area contributed by atoms with Crippen LogP contribution in [0.2, 0.25) is 0 Å². The van der Waals surface area contributed by atoms with Crippen molar-refractivity contribution >= 4 is 16.9 Å². The largest absolute Gasteiger partial charge is 0.358 e. The molecule has 2 nitrogen and oxygen atoms in total. The summed E-state index contributed by atoms with van der Waals surface area (Å²) in [7, 11) is 1.82. The Labute approximate surface area is 181 Å². The Balaban J connectivity index is 0.00000178. The van der Waals surface area contributed by atoms with Crippen LogP contribution in [0.15, 0.2) is 109 Å². The molecule has 0 aliphatic carbocycles. The zero-order chi connectivity index (χ0) is 21.9. The Hall–Kier alpha value is -2.74. The van der Waals surface area contributed by atoms with Gasteiger partial charge in [0.25, 0.3) is 0 Å². The van der Waals surface area contributed by atoms with E-state index in [0.717, 1.165) is 22.9 Å². The molecule has 29 heavy (non-hydrogen) atoms. The number of rotatable bonds is 9. The molecule has 154 valence electrons. The van der Waals surface area contributed by atoms with Crippen molar-refractivity contribution in [3.05, 3.63) is 116 Å².